The second-order valence-corrected chi connectivity index (χ2v) is 4.14. The van der Waals surface area contributed by atoms with E-state index in [9.17, 15) is 9.18 Å². The smallest absolute Gasteiger partial charge is 0.340 e. The van der Waals surface area contributed by atoms with Crippen molar-refractivity contribution in [2.75, 3.05) is 12.8 Å². The van der Waals surface area contributed by atoms with Crippen LogP contribution in [0, 0.1) is 12.7 Å². The molecule has 0 aliphatic rings. The molecule has 0 saturated carbocycles. The molecule has 0 fully saturated rings. The molecule has 1 aromatic carbocycles. The van der Waals surface area contributed by atoms with E-state index in [2.05, 4.69) is 9.72 Å². The molecule has 0 bridgehead atoms. The number of nitrogens with zero attached hydrogens (tertiary/aromatic N) is 1. The van der Waals surface area contributed by atoms with Crippen molar-refractivity contribution in [2.24, 2.45) is 0 Å². The number of carbonyl (C=O) groups is 1. The monoisotopic (exact) mass is 276 g/mol. The first-order valence-corrected chi connectivity index (χ1v) is 5.79. The predicted molar refractivity (Wildman–Crippen MR) is 71.2 cm³/mol. The van der Waals surface area contributed by atoms with Gasteiger partial charge in [-0.15, -0.1) is 0 Å². The number of anilines is 1. The van der Waals surface area contributed by atoms with Crippen LogP contribution >= 0.6 is 0 Å². The molecule has 1 heterocycles. The number of hydrogen-bond acceptors (Lipinski definition) is 5. The van der Waals surface area contributed by atoms with Gasteiger partial charge in [-0.05, 0) is 24.6 Å². The van der Waals surface area contributed by atoms with Gasteiger partial charge in [0.1, 0.15) is 0 Å². The van der Waals surface area contributed by atoms with Gasteiger partial charge in [0.05, 0.1) is 24.6 Å². The zero-order valence-corrected chi connectivity index (χ0v) is 11.0. The van der Waals surface area contributed by atoms with Crippen molar-refractivity contribution < 1.29 is 18.7 Å². The Morgan fingerprint density at radius 1 is 1.35 bits per heavy atom. The van der Waals surface area contributed by atoms with Crippen molar-refractivity contribution in [3.63, 3.8) is 0 Å². The van der Waals surface area contributed by atoms with Crippen LogP contribution in [0.2, 0.25) is 0 Å². The first-order valence-electron chi connectivity index (χ1n) is 5.79. The van der Waals surface area contributed by atoms with E-state index >= 15 is 0 Å². The molecule has 0 unspecified atom stereocenters. The van der Waals surface area contributed by atoms with E-state index in [1.54, 1.807) is 6.07 Å². The van der Waals surface area contributed by atoms with Crippen LogP contribution in [0.15, 0.2) is 30.5 Å². The molecule has 0 spiro atoms. The standard InChI is InChI=1S/C14H13FN2O3/c1-8-3-4-10(15)12(5-8)20-13-6-9(14(18)19-2)11(16)7-17-13/h3-7H,16H2,1-2H3. The van der Waals surface area contributed by atoms with E-state index in [-0.39, 0.29) is 22.9 Å². The van der Waals surface area contributed by atoms with Crippen molar-refractivity contribution in [2.45, 2.75) is 6.92 Å². The molecule has 0 amide bonds. The Morgan fingerprint density at radius 3 is 2.80 bits per heavy atom. The normalized spacial score (nSPS) is 10.2. The lowest BCUT2D eigenvalue weighted by molar-refractivity contribution is 0.0601. The minimum atomic E-state index is -0.612. The fourth-order valence-electron chi connectivity index (χ4n) is 1.59. The molecule has 2 aromatic rings. The van der Waals surface area contributed by atoms with E-state index in [0.717, 1.165) is 5.56 Å². The van der Waals surface area contributed by atoms with Crippen molar-refractivity contribution in [3.05, 3.63) is 47.4 Å². The Labute approximate surface area is 115 Å². The topological polar surface area (TPSA) is 74.4 Å². The van der Waals surface area contributed by atoms with Crippen LogP contribution in [0.5, 0.6) is 11.6 Å². The number of aromatic nitrogens is 1. The van der Waals surface area contributed by atoms with Gasteiger partial charge < -0.3 is 15.2 Å². The molecule has 0 atom stereocenters. The number of aryl methyl sites for hydroxylation is 1. The lowest BCUT2D eigenvalue weighted by Gasteiger charge is -2.09. The molecule has 5 nitrogen and oxygen atoms in total. The molecule has 0 radical (unpaired) electrons. The Hall–Kier alpha value is -2.63. The summed E-state index contributed by atoms with van der Waals surface area (Å²) in [7, 11) is 1.24. The summed E-state index contributed by atoms with van der Waals surface area (Å²) in [6, 6.07) is 5.76. The maximum Gasteiger partial charge on any atom is 0.340 e. The number of nitrogen functional groups attached to an aromatic ring is 1. The number of hydrogen-bond donors (Lipinski definition) is 1. The van der Waals surface area contributed by atoms with Crippen LogP contribution in [0.4, 0.5) is 10.1 Å². The average molecular weight is 276 g/mol. The molecule has 104 valence electrons. The maximum atomic E-state index is 13.6. The molecule has 2 N–H and O–H groups in total. The minimum Gasteiger partial charge on any atom is -0.465 e. The summed E-state index contributed by atoms with van der Waals surface area (Å²) in [5.74, 6) is -1.05. The Bertz CT molecular complexity index is 659. The van der Waals surface area contributed by atoms with Gasteiger partial charge in [-0.1, -0.05) is 6.07 Å². The van der Waals surface area contributed by atoms with Crippen molar-refractivity contribution in [1.82, 2.24) is 4.98 Å². The molecule has 6 heteroatoms. The summed E-state index contributed by atoms with van der Waals surface area (Å²) >= 11 is 0. The second kappa shape index (κ2) is 5.56. The van der Waals surface area contributed by atoms with Gasteiger partial charge in [0.25, 0.3) is 0 Å². The number of nitrogens with two attached hydrogens (primary N) is 1. The van der Waals surface area contributed by atoms with E-state index in [4.69, 9.17) is 10.5 Å². The number of rotatable bonds is 3. The number of benzene rings is 1. The lowest BCUT2D eigenvalue weighted by atomic mass is 10.2. The third-order valence-corrected chi connectivity index (χ3v) is 2.62. The van der Waals surface area contributed by atoms with Crippen molar-refractivity contribution in [3.8, 4) is 11.6 Å². The number of carbonyl (C=O) groups excluding carboxylic acids is 1. The highest BCUT2D eigenvalue weighted by atomic mass is 19.1. The van der Waals surface area contributed by atoms with Gasteiger partial charge in [-0.25, -0.2) is 14.2 Å². The molecule has 20 heavy (non-hydrogen) atoms. The molecule has 1 aromatic heterocycles. The van der Waals surface area contributed by atoms with Crippen LogP contribution in [0.25, 0.3) is 0 Å². The van der Waals surface area contributed by atoms with Crippen LogP contribution in [-0.4, -0.2) is 18.1 Å². The summed E-state index contributed by atoms with van der Waals surface area (Å²) in [4.78, 5) is 15.4. The third-order valence-electron chi connectivity index (χ3n) is 2.62. The lowest BCUT2D eigenvalue weighted by Crippen LogP contribution is -2.06. The molecule has 0 aliphatic carbocycles. The zero-order chi connectivity index (χ0) is 14.7. The van der Waals surface area contributed by atoms with E-state index in [0.29, 0.717) is 0 Å². The molecule has 0 aliphatic heterocycles. The maximum absolute atomic E-state index is 13.6. The van der Waals surface area contributed by atoms with Crippen LogP contribution < -0.4 is 10.5 Å². The summed E-state index contributed by atoms with van der Waals surface area (Å²) in [6.45, 7) is 1.81. The number of halogens is 1. The number of esters is 1. The first kappa shape index (κ1) is 13.8. The molecule has 0 saturated heterocycles. The van der Waals surface area contributed by atoms with E-state index in [1.165, 1.54) is 31.5 Å². The Balaban J connectivity index is 2.34. The van der Waals surface area contributed by atoms with Crippen molar-refractivity contribution >= 4 is 11.7 Å². The zero-order valence-electron chi connectivity index (χ0n) is 11.0. The van der Waals surface area contributed by atoms with Crippen LogP contribution in [0.3, 0.4) is 0 Å². The van der Waals surface area contributed by atoms with E-state index in [1.807, 2.05) is 6.92 Å². The van der Waals surface area contributed by atoms with Crippen LogP contribution in [-0.2, 0) is 4.74 Å². The molecular weight excluding hydrogens is 263 g/mol. The van der Waals surface area contributed by atoms with Gasteiger partial charge in [0, 0.05) is 6.07 Å². The SMILES string of the molecule is COC(=O)c1cc(Oc2cc(C)ccc2F)ncc1N. The average Bonchev–Trinajstić information content (AvgIpc) is 2.44. The minimum absolute atomic E-state index is 0.0260. The highest BCUT2D eigenvalue weighted by Crippen LogP contribution is 2.26. The quantitative estimate of drug-likeness (QED) is 0.872. The number of ether oxygens (including phenoxy) is 2. The largest absolute Gasteiger partial charge is 0.465 e. The fraction of sp³-hybridized carbons (Fsp3) is 0.143. The summed E-state index contributed by atoms with van der Waals surface area (Å²) in [5.41, 5.74) is 6.74. The van der Waals surface area contributed by atoms with Gasteiger partial charge in [-0.2, -0.15) is 0 Å². The van der Waals surface area contributed by atoms with E-state index < -0.39 is 11.8 Å². The van der Waals surface area contributed by atoms with Crippen LogP contribution in [0.1, 0.15) is 15.9 Å². The number of methoxy groups -OCH3 is 1. The highest BCUT2D eigenvalue weighted by Gasteiger charge is 2.13. The van der Waals surface area contributed by atoms with Gasteiger partial charge >= 0.3 is 5.97 Å². The van der Waals surface area contributed by atoms with Crippen molar-refractivity contribution in [1.29, 1.82) is 0 Å². The fourth-order valence-corrected chi connectivity index (χ4v) is 1.59. The summed E-state index contributed by atoms with van der Waals surface area (Å²) in [6.07, 6.45) is 1.26. The van der Waals surface area contributed by atoms with Gasteiger partial charge in [0.2, 0.25) is 5.88 Å². The Morgan fingerprint density at radius 2 is 2.10 bits per heavy atom. The van der Waals surface area contributed by atoms with Gasteiger partial charge in [0.15, 0.2) is 11.6 Å². The molecule has 2 rings (SSSR count). The summed E-state index contributed by atoms with van der Waals surface area (Å²) in [5, 5.41) is 0. The van der Waals surface area contributed by atoms with Gasteiger partial charge in [-0.3, -0.25) is 0 Å². The molecular formula is C14H13FN2O3. The second-order valence-electron chi connectivity index (χ2n) is 4.14. The predicted octanol–water partition coefficient (Wildman–Crippen LogP) is 2.69. The number of pyridine rings is 1. The Kier molecular flexibility index (Phi) is 3.84. The first-order chi connectivity index (χ1) is 9.51. The third kappa shape index (κ3) is 2.85. The summed E-state index contributed by atoms with van der Waals surface area (Å²) < 4.78 is 23.5. The highest BCUT2D eigenvalue weighted by molar-refractivity contribution is 5.95.